The number of nitrogens with two attached hydrogens (primary N) is 1. The highest BCUT2D eigenvalue weighted by Gasteiger charge is 2.27. The van der Waals surface area contributed by atoms with Crippen LogP contribution in [0.2, 0.25) is 0 Å². The maximum Gasteiger partial charge on any atom is 0.305 e. The molecule has 2 aromatic rings. The number of carboxylic acid groups (broad SMARTS) is 1. The monoisotopic (exact) mass is 219 g/mol. The van der Waals surface area contributed by atoms with E-state index in [0.29, 0.717) is 0 Å². The number of rotatable bonds is 3. The van der Waals surface area contributed by atoms with Crippen LogP contribution in [0.4, 0.5) is 0 Å². The molecule has 3 N–H and O–H groups in total. The lowest BCUT2D eigenvalue weighted by Crippen LogP contribution is -2.35. The molecule has 0 radical (unpaired) electrons. The van der Waals surface area contributed by atoms with E-state index in [1.807, 2.05) is 18.2 Å². The van der Waals surface area contributed by atoms with E-state index >= 15 is 0 Å². The molecule has 2 aromatic heterocycles. The quantitative estimate of drug-likeness (QED) is 0.806. The first-order valence-electron chi connectivity index (χ1n) is 4.94. The van der Waals surface area contributed by atoms with Gasteiger partial charge in [-0.05, 0) is 19.1 Å². The van der Waals surface area contributed by atoms with Crippen LogP contribution in [0.5, 0.6) is 0 Å². The molecule has 0 aliphatic heterocycles. The fourth-order valence-electron chi connectivity index (χ4n) is 1.78. The highest BCUT2D eigenvalue weighted by atomic mass is 16.4. The summed E-state index contributed by atoms with van der Waals surface area (Å²) in [5.74, 6) is -0.916. The maximum absolute atomic E-state index is 10.7. The predicted octanol–water partition coefficient (Wildman–Crippen LogP) is 0.983. The van der Waals surface area contributed by atoms with Crippen LogP contribution in [0.1, 0.15) is 18.9 Å². The van der Waals surface area contributed by atoms with E-state index in [2.05, 4.69) is 5.10 Å². The number of hydrogen-bond acceptors (Lipinski definition) is 3. The number of carboxylic acids is 1. The van der Waals surface area contributed by atoms with Crippen molar-refractivity contribution in [1.82, 2.24) is 9.61 Å². The number of hydrogen-bond donors (Lipinski definition) is 2. The minimum absolute atomic E-state index is 0.122. The smallest absolute Gasteiger partial charge is 0.305 e. The van der Waals surface area contributed by atoms with Crippen molar-refractivity contribution >= 4 is 11.5 Å². The van der Waals surface area contributed by atoms with E-state index in [1.165, 1.54) is 0 Å². The Kier molecular flexibility index (Phi) is 2.40. The molecule has 5 heteroatoms. The lowest BCUT2D eigenvalue weighted by atomic mass is 9.91. The van der Waals surface area contributed by atoms with Gasteiger partial charge in [0.05, 0.1) is 23.7 Å². The van der Waals surface area contributed by atoms with Gasteiger partial charge in [-0.1, -0.05) is 6.07 Å². The molecule has 2 rings (SSSR count). The van der Waals surface area contributed by atoms with Gasteiger partial charge in [0.1, 0.15) is 0 Å². The van der Waals surface area contributed by atoms with Crippen molar-refractivity contribution in [2.75, 3.05) is 0 Å². The third-order valence-corrected chi connectivity index (χ3v) is 2.56. The van der Waals surface area contributed by atoms with Gasteiger partial charge in [0, 0.05) is 11.8 Å². The first kappa shape index (κ1) is 10.6. The largest absolute Gasteiger partial charge is 0.481 e. The molecule has 0 saturated heterocycles. The molecule has 84 valence electrons. The van der Waals surface area contributed by atoms with Crippen LogP contribution in [0, 0.1) is 0 Å². The summed E-state index contributed by atoms with van der Waals surface area (Å²) in [5, 5.41) is 12.9. The standard InChI is InChI=1S/C11H13N3O2/c1-11(12,6-10(15)16)8-7-13-14-5-3-2-4-9(8)14/h2-5,7H,6,12H2,1H3,(H,15,16)/t11-/m0/s1. The van der Waals surface area contributed by atoms with E-state index in [1.54, 1.807) is 23.8 Å². The summed E-state index contributed by atoms with van der Waals surface area (Å²) in [5.41, 5.74) is 6.69. The second-order valence-electron chi connectivity index (χ2n) is 4.08. The van der Waals surface area contributed by atoms with E-state index < -0.39 is 11.5 Å². The van der Waals surface area contributed by atoms with Gasteiger partial charge in [0.15, 0.2) is 0 Å². The number of nitrogens with zero attached hydrogens (tertiary/aromatic N) is 2. The fraction of sp³-hybridized carbons (Fsp3) is 0.273. The molecule has 0 unspecified atom stereocenters. The molecule has 5 nitrogen and oxygen atoms in total. The number of fused-ring (bicyclic) bond motifs is 1. The first-order chi connectivity index (χ1) is 7.50. The summed E-state index contributed by atoms with van der Waals surface area (Å²) in [4.78, 5) is 10.7. The van der Waals surface area contributed by atoms with E-state index in [9.17, 15) is 4.79 Å². The molecule has 16 heavy (non-hydrogen) atoms. The van der Waals surface area contributed by atoms with Gasteiger partial charge in [-0.3, -0.25) is 4.79 Å². The minimum Gasteiger partial charge on any atom is -0.481 e. The first-order valence-corrected chi connectivity index (χ1v) is 4.94. The van der Waals surface area contributed by atoms with Crippen LogP contribution < -0.4 is 5.73 Å². The van der Waals surface area contributed by atoms with Crippen molar-refractivity contribution < 1.29 is 9.90 Å². The molecule has 0 aliphatic carbocycles. The van der Waals surface area contributed by atoms with E-state index in [0.717, 1.165) is 11.1 Å². The predicted molar refractivity (Wildman–Crippen MR) is 59.0 cm³/mol. The summed E-state index contributed by atoms with van der Waals surface area (Å²) < 4.78 is 1.68. The Hall–Kier alpha value is -1.88. The van der Waals surface area contributed by atoms with Crippen molar-refractivity contribution in [3.05, 3.63) is 36.2 Å². The van der Waals surface area contributed by atoms with Gasteiger partial charge < -0.3 is 10.8 Å². The molecule has 0 saturated carbocycles. The summed E-state index contributed by atoms with van der Waals surface area (Å²) in [6, 6.07) is 5.60. The van der Waals surface area contributed by atoms with Crippen molar-refractivity contribution in [2.24, 2.45) is 5.73 Å². The lowest BCUT2D eigenvalue weighted by molar-refractivity contribution is -0.138. The van der Waals surface area contributed by atoms with Gasteiger partial charge in [0.2, 0.25) is 0 Å². The van der Waals surface area contributed by atoms with Gasteiger partial charge in [-0.2, -0.15) is 5.10 Å². The van der Waals surface area contributed by atoms with Crippen molar-refractivity contribution in [3.8, 4) is 0 Å². The van der Waals surface area contributed by atoms with Crippen molar-refractivity contribution in [3.63, 3.8) is 0 Å². The Morgan fingerprint density at radius 3 is 3.06 bits per heavy atom. The zero-order valence-corrected chi connectivity index (χ0v) is 8.92. The second-order valence-corrected chi connectivity index (χ2v) is 4.08. The van der Waals surface area contributed by atoms with Crippen LogP contribution in [-0.4, -0.2) is 20.7 Å². The normalized spacial score (nSPS) is 14.9. The molecule has 0 bridgehead atoms. The molecule has 1 atom stereocenters. The van der Waals surface area contributed by atoms with E-state index in [4.69, 9.17) is 10.8 Å². The molecule has 0 spiro atoms. The summed E-state index contributed by atoms with van der Waals surface area (Å²) in [6.07, 6.45) is 3.30. The summed E-state index contributed by atoms with van der Waals surface area (Å²) in [6.45, 7) is 1.70. The zero-order valence-electron chi connectivity index (χ0n) is 8.92. The molecule has 0 aliphatic rings. The second kappa shape index (κ2) is 3.61. The lowest BCUT2D eigenvalue weighted by Gasteiger charge is -2.21. The molecular weight excluding hydrogens is 206 g/mol. The highest BCUT2D eigenvalue weighted by Crippen LogP contribution is 2.25. The van der Waals surface area contributed by atoms with Gasteiger partial charge in [0.25, 0.3) is 0 Å². The van der Waals surface area contributed by atoms with Crippen LogP contribution in [-0.2, 0) is 10.3 Å². The average Bonchev–Trinajstić information content (AvgIpc) is 2.59. The highest BCUT2D eigenvalue weighted by molar-refractivity contribution is 5.70. The SMILES string of the molecule is C[C@](N)(CC(=O)O)c1cnn2ccccc12. The maximum atomic E-state index is 10.7. The minimum atomic E-state index is -0.916. The Morgan fingerprint density at radius 2 is 2.38 bits per heavy atom. The molecule has 0 amide bonds. The summed E-state index contributed by atoms with van der Waals surface area (Å²) in [7, 11) is 0. The number of aliphatic carboxylic acids is 1. The van der Waals surface area contributed by atoms with Crippen LogP contribution >= 0.6 is 0 Å². The topological polar surface area (TPSA) is 80.6 Å². The zero-order chi connectivity index (χ0) is 11.8. The summed E-state index contributed by atoms with van der Waals surface area (Å²) >= 11 is 0. The van der Waals surface area contributed by atoms with Crippen molar-refractivity contribution in [1.29, 1.82) is 0 Å². The third-order valence-electron chi connectivity index (χ3n) is 2.56. The number of carbonyl (C=O) groups is 1. The number of aromatic nitrogens is 2. The average molecular weight is 219 g/mol. The molecule has 0 fully saturated rings. The Labute approximate surface area is 92.5 Å². The number of pyridine rings is 1. The Morgan fingerprint density at radius 1 is 1.62 bits per heavy atom. The molecule has 2 heterocycles. The Bertz CT molecular complexity index is 531. The Balaban J connectivity index is 2.50. The van der Waals surface area contributed by atoms with Gasteiger partial charge in [-0.15, -0.1) is 0 Å². The van der Waals surface area contributed by atoms with Gasteiger partial charge in [-0.25, -0.2) is 4.52 Å². The van der Waals surface area contributed by atoms with Crippen LogP contribution in [0.15, 0.2) is 30.6 Å². The van der Waals surface area contributed by atoms with Crippen LogP contribution in [0.3, 0.4) is 0 Å². The fourth-order valence-corrected chi connectivity index (χ4v) is 1.78. The van der Waals surface area contributed by atoms with Crippen molar-refractivity contribution in [2.45, 2.75) is 18.9 Å². The molecular formula is C11H13N3O2. The third kappa shape index (κ3) is 1.77. The molecule has 0 aromatic carbocycles. The van der Waals surface area contributed by atoms with Gasteiger partial charge >= 0.3 is 5.97 Å². The van der Waals surface area contributed by atoms with Crippen LogP contribution in [0.25, 0.3) is 5.52 Å². The van der Waals surface area contributed by atoms with E-state index in [-0.39, 0.29) is 6.42 Å².